The van der Waals surface area contributed by atoms with Gasteiger partial charge < -0.3 is 5.73 Å². The number of hydrogen-bond acceptors (Lipinski definition) is 1. The number of alkyl halides is 1. The van der Waals surface area contributed by atoms with Gasteiger partial charge in [0.05, 0.1) is 4.87 Å². The second-order valence-electron chi connectivity index (χ2n) is 3.86. The summed E-state index contributed by atoms with van der Waals surface area (Å²) in [5.74, 6) is 1.86. The van der Waals surface area contributed by atoms with Crippen LogP contribution in [0.2, 0.25) is 0 Å². The highest BCUT2D eigenvalue weighted by molar-refractivity contribution is 6.24. The Balaban J connectivity index is 2.03. The van der Waals surface area contributed by atoms with Crippen LogP contribution in [0.3, 0.4) is 0 Å². The summed E-state index contributed by atoms with van der Waals surface area (Å²) in [6.07, 6.45) is 5.16. The first kappa shape index (κ1) is 6.93. The fourth-order valence-electron chi connectivity index (χ4n) is 2.37. The maximum absolute atomic E-state index is 6.26. The average molecular weight is 160 g/mol. The van der Waals surface area contributed by atoms with E-state index in [0.717, 1.165) is 11.8 Å². The van der Waals surface area contributed by atoms with Crippen molar-refractivity contribution in [2.75, 3.05) is 6.54 Å². The SMILES string of the molecule is NCC1(Cl)CC2CCC2C1. The Kier molecular flexibility index (Phi) is 1.47. The van der Waals surface area contributed by atoms with Crippen LogP contribution in [0, 0.1) is 11.8 Å². The number of halogens is 1. The molecular weight excluding hydrogens is 146 g/mol. The Hall–Kier alpha value is 0.250. The summed E-state index contributed by atoms with van der Waals surface area (Å²) in [4.78, 5) is -0.00810. The maximum atomic E-state index is 6.26. The highest BCUT2D eigenvalue weighted by atomic mass is 35.5. The number of fused-ring (bicyclic) bond motifs is 1. The van der Waals surface area contributed by atoms with Crippen LogP contribution in [0.4, 0.5) is 0 Å². The molecule has 2 aliphatic rings. The fourth-order valence-corrected chi connectivity index (χ4v) is 2.76. The molecule has 2 heteroatoms. The Morgan fingerprint density at radius 2 is 1.80 bits per heavy atom. The zero-order valence-electron chi connectivity index (χ0n) is 6.15. The first-order chi connectivity index (χ1) is 4.73. The van der Waals surface area contributed by atoms with Gasteiger partial charge in [-0.3, -0.25) is 0 Å². The molecule has 0 saturated heterocycles. The molecule has 10 heavy (non-hydrogen) atoms. The summed E-state index contributed by atoms with van der Waals surface area (Å²) in [5.41, 5.74) is 5.59. The van der Waals surface area contributed by atoms with Gasteiger partial charge in [0.15, 0.2) is 0 Å². The van der Waals surface area contributed by atoms with Crippen LogP contribution in [-0.4, -0.2) is 11.4 Å². The smallest absolute Gasteiger partial charge is 0.0574 e. The first-order valence-corrected chi connectivity index (χ1v) is 4.50. The molecule has 2 saturated carbocycles. The molecular formula is C8H14ClN. The molecule has 0 aromatic heterocycles. The molecule has 0 amide bonds. The highest BCUT2D eigenvalue weighted by Gasteiger charge is 2.47. The van der Waals surface area contributed by atoms with E-state index in [2.05, 4.69) is 0 Å². The van der Waals surface area contributed by atoms with E-state index < -0.39 is 0 Å². The summed E-state index contributed by atoms with van der Waals surface area (Å²) in [5, 5.41) is 0. The number of hydrogen-bond donors (Lipinski definition) is 1. The average Bonchev–Trinajstić information content (AvgIpc) is 2.13. The zero-order valence-corrected chi connectivity index (χ0v) is 6.90. The van der Waals surface area contributed by atoms with E-state index in [-0.39, 0.29) is 4.87 Å². The minimum atomic E-state index is -0.00810. The standard InChI is InChI=1S/C8H14ClN/c9-8(5-10)3-6-1-2-7(6)4-8/h6-7H,1-5,10H2. The lowest BCUT2D eigenvalue weighted by Crippen LogP contribution is -2.28. The third-order valence-electron chi connectivity index (χ3n) is 3.20. The van der Waals surface area contributed by atoms with Gasteiger partial charge in [-0.2, -0.15) is 0 Å². The fraction of sp³-hybridized carbons (Fsp3) is 1.00. The molecule has 2 N–H and O–H groups in total. The zero-order chi connectivity index (χ0) is 7.19. The minimum Gasteiger partial charge on any atom is -0.329 e. The highest BCUT2D eigenvalue weighted by Crippen LogP contribution is 2.53. The van der Waals surface area contributed by atoms with Gasteiger partial charge in [0.1, 0.15) is 0 Å². The molecule has 58 valence electrons. The van der Waals surface area contributed by atoms with Gasteiger partial charge in [0, 0.05) is 6.54 Å². The van der Waals surface area contributed by atoms with Crippen molar-refractivity contribution in [2.45, 2.75) is 30.6 Å². The predicted octanol–water partition coefficient (Wildman–Crippen LogP) is 1.74. The molecule has 0 bridgehead atoms. The van der Waals surface area contributed by atoms with Crippen molar-refractivity contribution < 1.29 is 0 Å². The Labute approximate surface area is 66.9 Å². The van der Waals surface area contributed by atoms with Crippen LogP contribution >= 0.6 is 11.6 Å². The Morgan fingerprint density at radius 1 is 1.30 bits per heavy atom. The molecule has 0 aromatic carbocycles. The van der Waals surface area contributed by atoms with Crippen molar-refractivity contribution in [2.24, 2.45) is 17.6 Å². The molecule has 0 heterocycles. The molecule has 0 aromatic rings. The van der Waals surface area contributed by atoms with Crippen LogP contribution in [0.15, 0.2) is 0 Å². The predicted molar refractivity (Wildman–Crippen MR) is 43.1 cm³/mol. The van der Waals surface area contributed by atoms with E-state index in [1.54, 1.807) is 0 Å². The van der Waals surface area contributed by atoms with E-state index in [0.29, 0.717) is 6.54 Å². The van der Waals surface area contributed by atoms with Gasteiger partial charge in [0.2, 0.25) is 0 Å². The quantitative estimate of drug-likeness (QED) is 0.580. The van der Waals surface area contributed by atoms with Crippen LogP contribution < -0.4 is 5.73 Å². The summed E-state index contributed by atoms with van der Waals surface area (Å²) >= 11 is 6.26. The van der Waals surface area contributed by atoms with Crippen molar-refractivity contribution in [3.63, 3.8) is 0 Å². The minimum absolute atomic E-state index is 0.00810. The van der Waals surface area contributed by atoms with Gasteiger partial charge in [-0.25, -0.2) is 0 Å². The second-order valence-corrected chi connectivity index (χ2v) is 4.66. The van der Waals surface area contributed by atoms with Gasteiger partial charge in [0.25, 0.3) is 0 Å². The van der Waals surface area contributed by atoms with E-state index in [9.17, 15) is 0 Å². The lowest BCUT2D eigenvalue weighted by Gasteiger charge is -2.29. The second kappa shape index (κ2) is 2.12. The summed E-state index contributed by atoms with van der Waals surface area (Å²) in [7, 11) is 0. The van der Waals surface area contributed by atoms with Crippen LogP contribution in [0.1, 0.15) is 25.7 Å². The maximum Gasteiger partial charge on any atom is 0.0574 e. The van der Waals surface area contributed by atoms with E-state index in [4.69, 9.17) is 17.3 Å². The number of rotatable bonds is 1. The van der Waals surface area contributed by atoms with Crippen LogP contribution in [0.25, 0.3) is 0 Å². The van der Waals surface area contributed by atoms with E-state index in [1.807, 2.05) is 0 Å². The normalized spacial score (nSPS) is 52.2. The largest absolute Gasteiger partial charge is 0.329 e. The summed E-state index contributed by atoms with van der Waals surface area (Å²) < 4.78 is 0. The van der Waals surface area contributed by atoms with Crippen molar-refractivity contribution in [3.8, 4) is 0 Å². The first-order valence-electron chi connectivity index (χ1n) is 4.12. The van der Waals surface area contributed by atoms with Gasteiger partial charge >= 0.3 is 0 Å². The van der Waals surface area contributed by atoms with E-state index in [1.165, 1.54) is 25.7 Å². The molecule has 2 aliphatic carbocycles. The third-order valence-corrected chi connectivity index (χ3v) is 3.66. The van der Waals surface area contributed by atoms with Gasteiger partial charge in [-0.1, -0.05) is 0 Å². The number of nitrogens with two attached hydrogens (primary N) is 1. The van der Waals surface area contributed by atoms with Crippen molar-refractivity contribution in [3.05, 3.63) is 0 Å². The Bertz CT molecular complexity index is 134. The lowest BCUT2D eigenvalue weighted by atomic mass is 9.77. The molecule has 0 aliphatic heterocycles. The van der Waals surface area contributed by atoms with Gasteiger partial charge in [-0.05, 0) is 37.5 Å². The van der Waals surface area contributed by atoms with Crippen molar-refractivity contribution >= 4 is 11.6 Å². The topological polar surface area (TPSA) is 26.0 Å². The third kappa shape index (κ3) is 0.876. The van der Waals surface area contributed by atoms with Crippen molar-refractivity contribution in [1.82, 2.24) is 0 Å². The van der Waals surface area contributed by atoms with Crippen molar-refractivity contribution in [1.29, 1.82) is 0 Å². The molecule has 0 radical (unpaired) electrons. The summed E-state index contributed by atoms with van der Waals surface area (Å²) in [6.45, 7) is 0.668. The monoisotopic (exact) mass is 159 g/mol. The molecule has 1 nitrogen and oxygen atoms in total. The summed E-state index contributed by atoms with van der Waals surface area (Å²) in [6, 6.07) is 0. The lowest BCUT2D eigenvalue weighted by molar-refractivity contribution is 0.219. The van der Waals surface area contributed by atoms with Gasteiger partial charge in [-0.15, -0.1) is 11.6 Å². The van der Waals surface area contributed by atoms with Crippen LogP contribution in [-0.2, 0) is 0 Å². The molecule has 0 spiro atoms. The molecule has 2 fully saturated rings. The molecule has 2 rings (SSSR count). The molecule has 2 unspecified atom stereocenters. The molecule has 2 atom stereocenters. The van der Waals surface area contributed by atoms with E-state index >= 15 is 0 Å². The Morgan fingerprint density at radius 3 is 2.10 bits per heavy atom. The van der Waals surface area contributed by atoms with Crippen LogP contribution in [0.5, 0.6) is 0 Å².